The third-order valence-corrected chi connectivity index (χ3v) is 5.40. The molecular formula is C22H14ClNO3S. The van der Waals surface area contributed by atoms with Gasteiger partial charge in [-0.05, 0) is 40.3 Å². The van der Waals surface area contributed by atoms with Crippen molar-refractivity contribution in [3.63, 3.8) is 0 Å². The van der Waals surface area contributed by atoms with Crippen molar-refractivity contribution in [2.75, 3.05) is 0 Å². The third kappa shape index (κ3) is 4.37. The lowest BCUT2D eigenvalue weighted by atomic mass is 9.98. The first-order valence-corrected chi connectivity index (χ1v) is 9.55. The van der Waals surface area contributed by atoms with Crippen molar-refractivity contribution in [3.8, 4) is 16.5 Å². The van der Waals surface area contributed by atoms with Crippen molar-refractivity contribution < 1.29 is 14.7 Å². The van der Waals surface area contributed by atoms with Crippen LogP contribution in [0.5, 0.6) is 0 Å². The molecule has 0 saturated heterocycles. The van der Waals surface area contributed by atoms with Crippen molar-refractivity contribution in [1.29, 1.82) is 5.26 Å². The van der Waals surface area contributed by atoms with Crippen LogP contribution in [0.25, 0.3) is 16.5 Å². The molecule has 1 N–H and O–H groups in total. The Labute approximate surface area is 170 Å². The van der Waals surface area contributed by atoms with Crippen LogP contribution in [0, 0.1) is 11.3 Å². The number of allylic oxidation sites excluding steroid dienone is 1. The second-order valence-electron chi connectivity index (χ2n) is 5.96. The summed E-state index contributed by atoms with van der Waals surface area (Å²) in [6, 6.07) is 17.8. The number of ketones is 1. The van der Waals surface area contributed by atoms with E-state index in [4.69, 9.17) is 11.6 Å². The van der Waals surface area contributed by atoms with Gasteiger partial charge in [-0.1, -0.05) is 54.1 Å². The van der Waals surface area contributed by atoms with Gasteiger partial charge in [0.2, 0.25) is 0 Å². The summed E-state index contributed by atoms with van der Waals surface area (Å²) < 4.78 is 0. The Kier molecular flexibility index (Phi) is 6.05. The fourth-order valence-corrected chi connectivity index (χ4v) is 3.93. The number of carbonyl (C=O) groups is 2. The van der Waals surface area contributed by atoms with Crippen molar-refractivity contribution >= 4 is 40.8 Å². The zero-order chi connectivity index (χ0) is 20.1. The van der Waals surface area contributed by atoms with Crippen LogP contribution in [-0.4, -0.2) is 16.9 Å². The van der Waals surface area contributed by atoms with E-state index in [0.717, 1.165) is 5.56 Å². The Balaban J connectivity index is 1.93. The maximum Gasteiger partial charge on any atom is 0.337 e. The summed E-state index contributed by atoms with van der Waals surface area (Å²) in [6.45, 7) is 0. The molecule has 0 fully saturated rings. The van der Waals surface area contributed by atoms with Crippen LogP contribution >= 0.6 is 22.9 Å². The maximum absolute atomic E-state index is 12.6. The van der Waals surface area contributed by atoms with Crippen LogP contribution in [0.2, 0.25) is 5.02 Å². The number of Topliss-reactive ketones (excluding diaryl/α,β-unsaturated/α-hetero) is 1. The minimum atomic E-state index is -1.11. The van der Waals surface area contributed by atoms with E-state index in [0.29, 0.717) is 21.0 Å². The van der Waals surface area contributed by atoms with E-state index in [9.17, 15) is 20.0 Å². The lowest BCUT2D eigenvalue weighted by molar-refractivity contribution is -0.114. The smallest absolute Gasteiger partial charge is 0.337 e. The average molecular weight is 408 g/mol. The molecule has 138 valence electrons. The Morgan fingerprint density at radius 3 is 2.39 bits per heavy atom. The number of carboxylic acids is 1. The number of aromatic carboxylic acids is 1. The van der Waals surface area contributed by atoms with Gasteiger partial charge in [-0.25, -0.2) is 4.79 Å². The number of carboxylic acid groups (broad SMARTS) is 1. The van der Waals surface area contributed by atoms with Gasteiger partial charge in [0.05, 0.1) is 11.1 Å². The van der Waals surface area contributed by atoms with Crippen molar-refractivity contribution in [2.45, 2.75) is 6.42 Å². The Morgan fingerprint density at radius 2 is 1.79 bits per heavy atom. The molecule has 0 radical (unpaired) electrons. The number of benzene rings is 2. The molecule has 0 unspecified atom stereocenters. The Hall–Kier alpha value is -3.20. The number of hydrogen-bond acceptors (Lipinski definition) is 4. The van der Waals surface area contributed by atoms with Gasteiger partial charge in [-0.3, -0.25) is 4.79 Å². The SMILES string of the molecule is N#C/C(=C\c1ccccc1)C(=O)Cc1csc(-c2ccc(Cl)cc2)c1C(=O)O. The summed E-state index contributed by atoms with van der Waals surface area (Å²) in [6.07, 6.45) is 1.35. The molecule has 2 aromatic carbocycles. The monoisotopic (exact) mass is 407 g/mol. The molecule has 0 amide bonds. The van der Waals surface area contributed by atoms with Crippen molar-refractivity contribution in [2.24, 2.45) is 0 Å². The molecule has 0 bridgehead atoms. The fourth-order valence-electron chi connectivity index (χ4n) is 2.73. The van der Waals surface area contributed by atoms with Gasteiger partial charge >= 0.3 is 5.97 Å². The predicted molar refractivity (Wildman–Crippen MR) is 110 cm³/mol. The normalized spacial score (nSPS) is 11.1. The third-order valence-electron chi connectivity index (χ3n) is 4.07. The molecule has 3 rings (SSSR count). The van der Waals surface area contributed by atoms with Crippen LogP contribution in [0.3, 0.4) is 0 Å². The quantitative estimate of drug-likeness (QED) is 0.433. The summed E-state index contributed by atoms with van der Waals surface area (Å²) in [5.74, 6) is -1.53. The van der Waals surface area contributed by atoms with Crippen molar-refractivity contribution in [3.05, 3.63) is 87.3 Å². The number of halogens is 1. The second-order valence-corrected chi connectivity index (χ2v) is 7.27. The molecular weight excluding hydrogens is 394 g/mol. The van der Waals surface area contributed by atoms with Crippen LogP contribution in [0.1, 0.15) is 21.5 Å². The molecule has 1 aromatic heterocycles. The first-order valence-electron chi connectivity index (χ1n) is 8.29. The molecule has 1 heterocycles. The minimum Gasteiger partial charge on any atom is -0.478 e. The highest BCUT2D eigenvalue weighted by Gasteiger charge is 2.22. The average Bonchev–Trinajstić information content (AvgIpc) is 3.11. The first-order chi connectivity index (χ1) is 13.5. The second kappa shape index (κ2) is 8.66. The van der Waals surface area contributed by atoms with Gasteiger partial charge in [0.1, 0.15) is 6.07 Å². The topological polar surface area (TPSA) is 78.2 Å². The maximum atomic E-state index is 12.6. The molecule has 0 saturated carbocycles. The van der Waals surface area contributed by atoms with Gasteiger partial charge in [-0.2, -0.15) is 5.26 Å². The highest BCUT2D eigenvalue weighted by molar-refractivity contribution is 7.14. The number of carbonyl (C=O) groups excluding carboxylic acids is 1. The van der Waals surface area contributed by atoms with Crippen LogP contribution < -0.4 is 0 Å². The molecule has 4 nitrogen and oxygen atoms in total. The molecule has 0 aliphatic carbocycles. The number of thiophene rings is 1. The number of nitriles is 1. The summed E-state index contributed by atoms with van der Waals surface area (Å²) in [5, 5.41) is 21.3. The van der Waals surface area contributed by atoms with E-state index >= 15 is 0 Å². The first kappa shape index (κ1) is 19.6. The van der Waals surface area contributed by atoms with Gasteiger partial charge in [0, 0.05) is 16.3 Å². The fraction of sp³-hybridized carbons (Fsp3) is 0.0455. The van der Waals surface area contributed by atoms with E-state index in [1.807, 2.05) is 24.3 Å². The lowest BCUT2D eigenvalue weighted by Crippen LogP contribution is -2.09. The minimum absolute atomic E-state index is 0.0122. The number of nitrogens with zero attached hydrogens (tertiary/aromatic N) is 1. The highest BCUT2D eigenvalue weighted by Crippen LogP contribution is 2.34. The van der Waals surface area contributed by atoms with Gasteiger partial charge in [0.15, 0.2) is 5.78 Å². The number of rotatable bonds is 6. The largest absolute Gasteiger partial charge is 0.478 e. The van der Waals surface area contributed by atoms with Crippen molar-refractivity contribution in [1.82, 2.24) is 0 Å². The summed E-state index contributed by atoms with van der Waals surface area (Å²) in [4.78, 5) is 25.0. The summed E-state index contributed by atoms with van der Waals surface area (Å²) in [7, 11) is 0. The standard InChI is InChI=1S/C22H14ClNO3S/c23-18-8-6-15(7-9-18)21-20(22(26)27)17(13-28-21)11-19(25)16(12-24)10-14-4-2-1-3-5-14/h1-10,13H,11H2,(H,26,27)/b16-10+. The molecule has 0 atom stereocenters. The predicted octanol–water partition coefficient (Wildman–Crippen LogP) is 5.49. The summed E-state index contributed by atoms with van der Waals surface area (Å²) in [5.41, 5.74) is 1.91. The molecule has 0 aliphatic heterocycles. The van der Waals surface area contributed by atoms with Crippen LogP contribution in [0.4, 0.5) is 0 Å². The Bertz CT molecular complexity index is 1090. The zero-order valence-electron chi connectivity index (χ0n) is 14.6. The van der Waals surface area contributed by atoms with E-state index in [-0.39, 0.29) is 17.6 Å². The Morgan fingerprint density at radius 1 is 1.11 bits per heavy atom. The number of hydrogen-bond donors (Lipinski definition) is 1. The molecule has 0 aliphatic rings. The van der Waals surface area contributed by atoms with E-state index in [2.05, 4.69) is 0 Å². The van der Waals surface area contributed by atoms with Gasteiger partial charge in [0.25, 0.3) is 0 Å². The molecule has 28 heavy (non-hydrogen) atoms. The van der Waals surface area contributed by atoms with E-state index in [1.54, 1.807) is 41.8 Å². The van der Waals surface area contributed by atoms with E-state index in [1.165, 1.54) is 17.4 Å². The zero-order valence-corrected chi connectivity index (χ0v) is 16.1. The van der Waals surface area contributed by atoms with Crippen LogP contribution in [-0.2, 0) is 11.2 Å². The van der Waals surface area contributed by atoms with E-state index < -0.39 is 11.8 Å². The molecule has 3 aromatic rings. The van der Waals surface area contributed by atoms with Gasteiger partial charge < -0.3 is 5.11 Å². The lowest BCUT2D eigenvalue weighted by Gasteiger charge is -2.04. The van der Waals surface area contributed by atoms with Crippen LogP contribution in [0.15, 0.2) is 65.6 Å². The van der Waals surface area contributed by atoms with Gasteiger partial charge in [-0.15, -0.1) is 11.3 Å². The summed E-state index contributed by atoms with van der Waals surface area (Å²) >= 11 is 7.15. The highest BCUT2D eigenvalue weighted by atomic mass is 35.5. The molecule has 6 heteroatoms. The molecule has 0 spiro atoms.